The first-order chi connectivity index (χ1) is 9.75. The van der Waals surface area contributed by atoms with E-state index in [9.17, 15) is 9.90 Å². The third-order valence-electron chi connectivity index (χ3n) is 3.73. The van der Waals surface area contributed by atoms with Gasteiger partial charge in [0.1, 0.15) is 0 Å². The molecule has 0 spiro atoms. The molecule has 2 heteroatoms. The molecule has 2 aromatic rings. The number of hydrogen-bond donors (Lipinski definition) is 1. The number of aryl methyl sites for hydroxylation is 1. The number of hydrogen-bond acceptors (Lipinski definition) is 1. The maximum absolute atomic E-state index is 11.4. The van der Waals surface area contributed by atoms with Crippen LogP contribution in [0.15, 0.2) is 48.5 Å². The second-order valence-corrected chi connectivity index (χ2v) is 5.08. The largest absolute Gasteiger partial charge is 0.478 e. The smallest absolute Gasteiger partial charge is 0.336 e. The third-order valence-corrected chi connectivity index (χ3v) is 3.73. The van der Waals surface area contributed by atoms with Crippen LogP contribution in [0.1, 0.15) is 39.9 Å². The van der Waals surface area contributed by atoms with Crippen LogP contribution >= 0.6 is 0 Å². The highest BCUT2D eigenvalue weighted by Gasteiger charge is 2.20. The fraction of sp³-hybridized carbons (Fsp3) is 0.167. The van der Waals surface area contributed by atoms with E-state index < -0.39 is 5.97 Å². The van der Waals surface area contributed by atoms with Crippen molar-refractivity contribution in [3.8, 4) is 0 Å². The van der Waals surface area contributed by atoms with Crippen LogP contribution in [-0.2, 0) is 6.42 Å². The molecule has 0 amide bonds. The van der Waals surface area contributed by atoms with Crippen molar-refractivity contribution in [1.82, 2.24) is 0 Å². The second-order valence-electron chi connectivity index (χ2n) is 5.08. The number of aromatic carboxylic acids is 1. The van der Waals surface area contributed by atoms with Gasteiger partial charge in [0.05, 0.1) is 5.56 Å². The standard InChI is InChI=1S/C18H16O2/c19-18(20)16-11-5-9-14-8-4-10-15(17(14)16)12-13-6-2-1-3-7-13/h1-3,5-7,9,11-12H,4,8,10H2,(H,19,20)/b15-12+. The molecule has 0 heterocycles. The molecule has 20 heavy (non-hydrogen) atoms. The van der Waals surface area contributed by atoms with Gasteiger partial charge in [-0.25, -0.2) is 4.79 Å². The first-order valence-corrected chi connectivity index (χ1v) is 6.87. The first-order valence-electron chi connectivity index (χ1n) is 6.87. The fourth-order valence-electron chi connectivity index (χ4n) is 2.85. The Morgan fingerprint density at radius 2 is 1.80 bits per heavy atom. The van der Waals surface area contributed by atoms with E-state index in [0.717, 1.165) is 41.5 Å². The van der Waals surface area contributed by atoms with Crippen molar-refractivity contribution in [1.29, 1.82) is 0 Å². The van der Waals surface area contributed by atoms with E-state index in [2.05, 4.69) is 6.08 Å². The minimum absolute atomic E-state index is 0.421. The van der Waals surface area contributed by atoms with Gasteiger partial charge in [-0.15, -0.1) is 0 Å². The van der Waals surface area contributed by atoms with Crippen molar-refractivity contribution in [2.45, 2.75) is 19.3 Å². The predicted molar refractivity (Wildman–Crippen MR) is 80.7 cm³/mol. The van der Waals surface area contributed by atoms with E-state index in [4.69, 9.17) is 0 Å². The van der Waals surface area contributed by atoms with E-state index in [1.54, 1.807) is 6.07 Å². The van der Waals surface area contributed by atoms with Gasteiger partial charge in [0.15, 0.2) is 0 Å². The number of carboxylic acids is 1. The zero-order valence-electron chi connectivity index (χ0n) is 11.2. The molecule has 1 aliphatic carbocycles. The number of fused-ring (bicyclic) bond motifs is 1. The summed E-state index contributed by atoms with van der Waals surface area (Å²) in [6, 6.07) is 15.7. The van der Waals surface area contributed by atoms with E-state index >= 15 is 0 Å². The molecule has 0 saturated heterocycles. The van der Waals surface area contributed by atoms with Crippen LogP contribution in [0.5, 0.6) is 0 Å². The van der Waals surface area contributed by atoms with E-state index in [1.165, 1.54) is 0 Å². The highest BCUT2D eigenvalue weighted by molar-refractivity contribution is 5.98. The zero-order chi connectivity index (χ0) is 13.9. The number of allylic oxidation sites excluding steroid dienone is 1. The second kappa shape index (κ2) is 5.33. The van der Waals surface area contributed by atoms with E-state index in [1.807, 2.05) is 42.5 Å². The van der Waals surface area contributed by atoms with Gasteiger partial charge in [-0.05, 0) is 47.6 Å². The SMILES string of the molecule is O=C(O)c1cccc2c1/C(=C/c1ccccc1)CCC2. The van der Waals surface area contributed by atoms with Gasteiger partial charge >= 0.3 is 5.97 Å². The summed E-state index contributed by atoms with van der Waals surface area (Å²) in [5.41, 5.74) is 4.75. The Bertz CT molecular complexity index is 669. The number of carboxylic acid groups (broad SMARTS) is 1. The summed E-state index contributed by atoms with van der Waals surface area (Å²) in [7, 11) is 0. The molecule has 0 unspecified atom stereocenters. The van der Waals surface area contributed by atoms with Crippen LogP contribution < -0.4 is 0 Å². The normalized spacial score (nSPS) is 15.9. The minimum Gasteiger partial charge on any atom is -0.478 e. The lowest BCUT2D eigenvalue weighted by Gasteiger charge is -2.21. The van der Waals surface area contributed by atoms with Gasteiger partial charge < -0.3 is 5.11 Å². The molecule has 0 bridgehead atoms. The molecule has 3 rings (SSSR count). The Morgan fingerprint density at radius 3 is 2.55 bits per heavy atom. The molecule has 0 saturated carbocycles. The summed E-state index contributed by atoms with van der Waals surface area (Å²) in [5.74, 6) is -0.845. The summed E-state index contributed by atoms with van der Waals surface area (Å²) in [5, 5.41) is 9.40. The lowest BCUT2D eigenvalue weighted by molar-refractivity contribution is 0.0696. The number of carbonyl (C=O) groups is 1. The topological polar surface area (TPSA) is 37.3 Å². The third kappa shape index (κ3) is 2.37. The molecular weight excluding hydrogens is 248 g/mol. The Morgan fingerprint density at radius 1 is 1.00 bits per heavy atom. The Balaban J connectivity index is 2.14. The maximum atomic E-state index is 11.4. The summed E-state index contributed by atoms with van der Waals surface area (Å²) in [4.78, 5) is 11.4. The highest BCUT2D eigenvalue weighted by atomic mass is 16.4. The summed E-state index contributed by atoms with van der Waals surface area (Å²) in [6.07, 6.45) is 5.09. The van der Waals surface area contributed by atoms with Gasteiger partial charge in [-0.3, -0.25) is 0 Å². The van der Waals surface area contributed by atoms with Crippen molar-refractivity contribution in [2.75, 3.05) is 0 Å². The summed E-state index contributed by atoms with van der Waals surface area (Å²) >= 11 is 0. The van der Waals surface area contributed by atoms with Crippen LogP contribution in [0.25, 0.3) is 11.6 Å². The lowest BCUT2D eigenvalue weighted by atomic mass is 9.83. The van der Waals surface area contributed by atoms with Crippen molar-refractivity contribution in [3.63, 3.8) is 0 Å². The van der Waals surface area contributed by atoms with Crippen molar-refractivity contribution < 1.29 is 9.90 Å². The van der Waals surface area contributed by atoms with E-state index in [0.29, 0.717) is 5.56 Å². The Hall–Kier alpha value is -2.35. The molecule has 100 valence electrons. The van der Waals surface area contributed by atoms with Crippen LogP contribution in [0.2, 0.25) is 0 Å². The van der Waals surface area contributed by atoms with Gasteiger partial charge in [-0.1, -0.05) is 48.5 Å². The van der Waals surface area contributed by atoms with Gasteiger partial charge in [0.2, 0.25) is 0 Å². The van der Waals surface area contributed by atoms with Crippen LogP contribution in [-0.4, -0.2) is 11.1 Å². The van der Waals surface area contributed by atoms with Gasteiger partial charge in [0.25, 0.3) is 0 Å². The fourth-order valence-corrected chi connectivity index (χ4v) is 2.85. The Kier molecular flexibility index (Phi) is 3.38. The van der Waals surface area contributed by atoms with Crippen molar-refractivity contribution in [2.24, 2.45) is 0 Å². The molecular formula is C18H16O2. The zero-order valence-corrected chi connectivity index (χ0v) is 11.2. The monoisotopic (exact) mass is 264 g/mol. The minimum atomic E-state index is -0.845. The van der Waals surface area contributed by atoms with Crippen LogP contribution in [0, 0.1) is 0 Å². The summed E-state index contributed by atoms with van der Waals surface area (Å²) < 4.78 is 0. The quantitative estimate of drug-likeness (QED) is 0.879. The molecule has 2 nitrogen and oxygen atoms in total. The molecule has 0 fully saturated rings. The van der Waals surface area contributed by atoms with Crippen LogP contribution in [0.4, 0.5) is 0 Å². The first kappa shape index (κ1) is 12.7. The molecule has 0 radical (unpaired) electrons. The molecule has 0 aromatic heterocycles. The number of benzene rings is 2. The molecule has 0 atom stereocenters. The molecule has 0 aliphatic heterocycles. The summed E-state index contributed by atoms with van der Waals surface area (Å²) in [6.45, 7) is 0. The van der Waals surface area contributed by atoms with Gasteiger partial charge in [0, 0.05) is 0 Å². The molecule has 1 aliphatic rings. The highest BCUT2D eigenvalue weighted by Crippen LogP contribution is 2.34. The predicted octanol–water partition coefficient (Wildman–Crippen LogP) is 4.26. The molecule has 1 N–H and O–H groups in total. The average molecular weight is 264 g/mol. The number of rotatable bonds is 2. The van der Waals surface area contributed by atoms with Crippen molar-refractivity contribution >= 4 is 17.6 Å². The van der Waals surface area contributed by atoms with Crippen molar-refractivity contribution in [3.05, 3.63) is 70.8 Å². The maximum Gasteiger partial charge on any atom is 0.336 e. The van der Waals surface area contributed by atoms with Gasteiger partial charge in [-0.2, -0.15) is 0 Å². The van der Waals surface area contributed by atoms with Crippen LogP contribution in [0.3, 0.4) is 0 Å². The Labute approximate surface area is 118 Å². The lowest BCUT2D eigenvalue weighted by Crippen LogP contribution is -2.09. The van der Waals surface area contributed by atoms with E-state index in [-0.39, 0.29) is 0 Å². The average Bonchev–Trinajstić information content (AvgIpc) is 2.48. The molecule has 2 aromatic carbocycles.